The van der Waals surface area contributed by atoms with E-state index in [1.807, 2.05) is 18.3 Å². The number of hydrogen-bond acceptors (Lipinski definition) is 2. The van der Waals surface area contributed by atoms with Crippen LogP contribution in [0, 0.1) is 0 Å². The molecule has 15 heavy (non-hydrogen) atoms. The van der Waals surface area contributed by atoms with Crippen LogP contribution in [0.5, 0.6) is 0 Å². The van der Waals surface area contributed by atoms with Crippen molar-refractivity contribution in [2.45, 2.75) is 31.3 Å². The Morgan fingerprint density at radius 1 is 1.40 bits per heavy atom. The number of aryl methyl sites for hydroxylation is 1. The van der Waals surface area contributed by atoms with Crippen LogP contribution >= 0.6 is 0 Å². The summed E-state index contributed by atoms with van der Waals surface area (Å²) in [5, 5.41) is 18.0. The first-order valence-corrected chi connectivity index (χ1v) is 5.40. The van der Waals surface area contributed by atoms with Gasteiger partial charge in [-0.1, -0.05) is 18.2 Å². The average molecular weight is 202 g/mol. The zero-order valence-electron chi connectivity index (χ0n) is 8.53. The molecule has 3 heteroatoms. The summed E-state index contributed by atoms with van der Waals surface area (Å²) in [4.78, 5) is 0. The Bertz CT molecular complexity index is 485. The molecule has 1 aromatic carbocycles. The van der Waals surface area contributed by atoms with Crippen molar-refractivity contribution < 1.29 is 5.11 Å². The van der Waals surface area contributed by atoms with Crippen molar-refractivity contribution in [1.82, 2.24) is 10.2 Å². The van der Waals surface area contributed by atoms with Gasteiger partial charge in [-0.05, 0) is 31.2 Å². The van der Waals surface area contributed by atoms with E-state index >= 15 is 0 Å². The summed E-state index contributed by atoms with van der Waals surface area (Å²) in [6, 6.07) is 6.20. The van der Waals surface area contributed by atoms with Gasteiger partial charge in [0.1, 0.15) is 0 Å². The van der Waals surface area contributed by atoms with Gasteiger partial charge in [0.15, 0.2) is 0 Å². The van der Waals surface area contributed by atoms with Crippen LogP contribution in [0.3, 0.4) is 0 Å². The van der Waals surface area contributed by atoms with Crippen molar-refractivity contribution in [3.05, 3.63) is 30.0 Å². The van der Waals surface area contributed by atoms with Crippen molar-refractivity contribution in [3.8, 4) is 0 Å². The molecule has 0 bridgehead atoms. The number of nitrogens with one attached hydrogen (secondary N) is 1. The van der Waals surface area contributed by atoms with Crippen LogP contribution in [0.25, 0.3) is 10.9 Å². The first-order valence-electron chi connectivity index (χ1n) is 5.40. The van der Waals surface area contributed by atoms with E-state index in [0.717, 1.165) is 36.6 Å². The molecule has 1 heterocycles. The number of hydrogen-bond donors (Lipinski definition) is 2. The summed E-state index contributed by atoms with van der Waals surface area (Å²) in [6.07, 6.45) is 5.56. The Kier molecular flexibility index (Phi) is 1.83. The van der Waals surface area contributed by atoms with E-state index in [4.69, 9.17) is 0 Å². The lowest BCUT2D eigenvalue weighted by molar-refractivity contribution is 0.140. The molecular formula is C12H14N2O. The normalized spacial score (nSPS) is 18.2. The summed E-state index contributed by atoms with van der Waals surface area (Å²) in [7, 11) is 0. The molecule has 2 aromatic rings. The van der Waals surface area contributed by atoms with Gasteiger partial charge in [0, 0.05) is 5.39 Å². The summed E-state index contributed by atoms with van der Waals surface area (Å²) in [6.45, 7) is 0. The number of fused-ring (bicyclic) bond motifs is 1. The summed E-state index contributed by atoms with van der Waals surface area (Å²) in [5.41, 5.74) is 2.01. The van der Waals surface area contributed by atoms with Crippen molar-refractivity contribution in [1.29, 1.82) is 0 Å². The van der Waals surface area contributed by atoms with Gasteiger partial charge in [-0.3, -0.25) is 5.10 Å². The van der Waals surface area contributed by atoms with E-state index in [2.05, 4.69) is 16.3 Å². The molecule has 1 aliphatic carbocycles. The molecule has 0 unspecified atom stereocenters. The molecule has 0 atom stereocenters. The number of aromatic amines is 1. The zero-order chi connectivity index (χ0) is 10.3. The third-order valence-corrected chi connectivity index (χ3v) is 3.25. The summed E-state index contributed by atoms with van der Waals surface area (Å²) < 4.78 is 0. The van der Waals surface area contributed by atoms with E-state index in [1.54, 1.807) is 0 Å². The number of aromatic nitrogens is 2. The van der Waals surface area contributed by atoms with Crippen LogP contribution < -0.4 is 0 Å². The van der Waals surface area contributed by atoms with Crippen molar-refractivity contribution in [2.24, 2.45) is 0 Å². The highest BCUT2D eigenvalue weighted by molar-refractivity contribution is 5.81. The Balaban J connectivity index is 1.86. The highest BCUT2D eigenvalue weighted by Gasteiger charge is 2.39. The maximum Gasteiger partial charge on any atom is 0.0682 e. The van der Waals surface area contributed by atoms with Gasteiger partial charge in [0.2, 0.25) is 0 Å². The second-order valence-corrected chi connectivity index (χ2v) is 4.48. The van der Waals surface area contributed by atoms with E-state index in [0.29, 0.717) is 0 Å². The van der Waals surface area contributed by atoms with Gasteiger partial charge < -0.3 is 5.11 Å². The number of H-pyrrole nitrogens is 1. The van der Waals surface area contributed by atoms with Gasteiger partial charge >= 0.3 is 0 Å². The minimum atomic E-state index is -0.359. The van der Waals surface area contributed by atoms with E-state index in [1.165, 1.54) is 5.56 Å². The third-order valence-electron chi connectivity index (χ3n) is 3.25. The number of para-hydroxylation sites is 1. The Hall–Kier alpha value is -1.35. The molecule has 0 amide bonds. The molecule has 0 spiro atoms. The van der Waals surface area contributed by atoms with Crippen LogP contribution in [-0.4, -0.2) is 20.9 Å². The highest BCUT2D eigenvalue weighted by atomic mass is 16.3. The lowest BCUT2D eigenvalue weighted by Gasteiger charge is -2.07. The number of aliphatic hydroxyl groups is 1. The number of rotatable bonds is 3. The number of nitrogens with zero attached hydrogens (tertiary/aromatic N) is 1. The van der Waals surface area contributed by atoms with Crippen molar-refractivity contribution in [3.63, 3.8) is 0 Å². The topological polar surface area (TPSA) is 48.9 Å². The fourth-order valence-electron chi connectivity index (χ4n) is 2.00. The molecular weight excluding hydrogens is 188 g/mol. The van der Waals surface area contributed by atoms with Crippen molar-refractivity contribution >= 4 is 10.9 Å². The van der Waals surface area contributed by atoms with Crippen LogP contribution in [0.15, 0.2) is 24.4 Å². The molecule has 1 fully saturated rings. The average Bonchev–Trinajstić information content (AvgIpc) is 2.80. The molecule has 0 aliphatic heterocycles. The van der Waals surface area contributed by atoms with Crippen molar-refractivity contribution in [2.75, 3.05) is 0 Å². The van der Waals surface area contributed by atoms with Crippen LogP contribution in [-0.2, 0) is 6.42 Å². The first kappa shape index (κ1) is 8.92. The molecule has 78 valence electrons. The molecule has 2 N–H and O–H groups in total. The maximum absolute atomic E-state index is 9.79. The van der Waals surface area contributed by atoms with Gasteiger partial charge in [-0.15, -0.1) is 0 Å². The molecule has 3 nitrogen and oxygen atoms in total. The smallest absolute Gasteiger partial charge is 0.0682 e. The number of benzene rings is 1. The maximum atomic E-state index is 9.79. The zero-order valence-corrected chi connectivity index (χ0v) is 8.53. The van der Waals surface area contributed by atoms with Crippen LogP contribution in [0.2, 0.25) is 0 Å². The highest BCUT2D eigenvalue weighted by Crippen LogP contribution is 2.39. The predicted molar refractivity (Wildman–Crippen MR) is 58.6 cm³/mol. The minimum absolute atomic E-state index is 0.359. The van der Waals surface area contributed by atoms with E-state index < -0.39 is 0 Å². The molecule has 1 aliphatic rings. The first-order chi connectivity index (χ1) is 7.27. The molecule has 1 aromatic heterocycles. The largest absolute Gasteiger partial charge is 0.390 e. The minimum Gasteiger partial charge on any atom is -0.390 e. The Morgan fingerprint density at radius 2 is 2.27 bits per heavy atom. The van der Waals surface area contributed by atoms with E-state index in [9.17, 15) is 5.11 Å². The standard InChI is InChI=1S/C12H14N2O/c15-12(6-7-12)5-4-9-2-1-3-10-8-13-14-11(9)10/h1-3,8,15H,4-7H2,(H,13,14). The van der Waals surface area contributed by atoms with Crippen LogP contribution in [0.4, 0.5) is 0 Å². The SMILES string of the molecule is OC1(CCc2cccc3cn[nH]c23)CC1. The Morgan fingerprint density at radius 3 is 3.07 bits per heavy atom. The monoisotopic (exact) mass is 202 g/mol. The quantitative estimate of drug-likeness (QED) is 0.800. The fourth-order valence-corrected chi connectivity index (χ4v) is 2.00. The third kappa shape index (κ3) is 1.63. The summed E-state index contributed by atoms with van der Waals surface area (Å²) >= 11 is 0. The lowest BCUT2D eigenvalue weighted by Crippen LogP contribution is -2.07. The molecule has 1 saturated carbocycles. The lowest BCUT2D eigenvalue weighted by atomic mass is 10.0. The molecule has 3 rings (SSSR count). The van der Waals surface area contributed by atoms with Gasteiger partial charge in [-0.2, -0.15) is 5.10 Å². The van der Waals surface area contributed by atoms with Gasteiger partial charge in [0.05, 0.1) is 17.3 Å². The molecule has 0 saturated heterocycles. The predicted octanol–water partition coefficient (Wildman–Crippen LogP) is 2.02. The van der Waals surface area contributed by atoms with Crippen LogP contribution in [0.1, 0.15) is 24.8 Å². The fraction of sp³-hybridized carbons (Fsp3) is 0.417. The van der Waals surface area contributed by atoms with Gasteiger partial charge in [0.25, 0.3) is 0 Å². The van der Waals surface area contributed by atoms with E-state index in [-0.39, 0.29) is 5.60 Å². The second kappa shape index (κ2) is 3.07. The second-order valence-electron chi connectivity index (χ2n) is 4.48. The van der Waals surface area contributed by atoms with Gasteiger partial charge in [-0.25, -0.2) is 0 Å². The summed E-state index contributed by atoms with van der Waals surface area (Å²) in [5.74, 6) is 0. The molecule has 0 radical (unpaired) electrons. The Labute approximate surface area is 88.1 Å².